The van der Waals surface area contributed by atoms with Gasteiger partial charge < -0.3 is 10.5 Å². The summed E-state index contributed by atoms with van der Waals surface area (Å²) >= 11 is 8.39. The van der Waals surface area contributed by atoms with Gasteiger partial charge in [-0.3, -0.25) is 0 Å². The maximum atomic E-state index is 6.39. The molecular formula is C16H17ClINO. The summed E-state index contributed by atoms with van der Waals surface area (Å²) in [5.74, 6) is 0.854. The highest BCUT2D eigenvalue weighted by Crippen LogP contribution is 2.34. The fourth-order valence-corrected chi connectivity index (χ4v) is 2.74. The van der Waals surface area contributed by atoms with Crippen molar-refractivity contribution in [2.45, 2.75) is 19.9 Å². The second-order valence-corrected chi connectivity index (χ2v) is 6.35. The van der Waals surface area contributed by atoms with Crippen molar-refractivity contribution in [1.29, 1.82) is 0 Å². The van der Waals surface area contributed by atoms with E-state index in [1.54, 1.807) is 7.11 Å². The van der Waals surface area contributed by atoms with Crippen LogP contribution in [0.2, 0.25) is 5.02 Å². The molecule has 0 fully saturated rings. The molecule has 106 valence electrons. The first-order chi connectivity index (χ1) is 9.45. The molecular weight excluding hydrogens is 385 g/mol. The molecule has 0 spiro atoms. The van der Waals surface area contributed by atoms with Gasteiger partial charge in [0.25, 0.3) is 0 Å². The monoisotopic (exact) mass is 401 g/mol. The maximum Gasteiger partial charge on any atom is 0.127 e. The number of methoxy groups -OCH3 is 1. The maximum absolute atomic E-state index is 6.39. The molecule has 0 aromatic heterocycles. The van der Waals surface area contributed by atoms with Crippen molar-refractivity contribution in [3.8, 4) is 5.75 Å². The Morgan fingerprint density at radius 2 is 1.90 bits per heavy atom. The number of rotatable bonds is 3. The molecule has 20 heavy (non-hydrogen) atoms. The van der Waals surface area contributed by atoms with Gasteiger partial charge >= 0.3 is 0 Å². The number of hydrogen-bond donors (Lipinski definition) is 1. The quantitative estimate of drug-likeness (QED) is 0.762. The average molecular weight is 402 g/mol. The summed E-state index contributed by atoms with van der Waals surface area (Å²) in [6.45, 7) is 4.11. The number of halogens is 2. The van der Waals surface area contributed by atoms with Crippen LogP contribution in [0.15, 0.2) is 30.3 Å². The Hall–Kier alpha value is -0.780. The number of ether oxygens (including phenoxy) is 1. The predicted octanol–water partition coefficient (Wildman–Crippen LogP) is 4.62. The van der Waals surface area contributed by atoms with E-state index in [0.29, 0.717) is 0 Å². The molecule has 0 amide bonds. The van der Waals surface area contributed by atoms with Gasteiger partial charge in [0.2, 0.25) is 0 Å². The topological polar surface area (TPSA) is 35.2 Å². The standard InChI is InChI=1S/C16H17ClINO/c1-9-4-6-12(16(20-3)10(9)2)15(19)11-5-7-14(18)13(17)8-11/h4-8,15H,19H2,1-3H3. The molecule has 0 saturated carbocycles. The lowest BCUT2D eigenvalue weighted by atomic mass is 9.95. The van der Waals surface area contributed by atoms with Crippen LogP contribution in [-0.2, 0) is 0 Å². The zero-order valence-electron chi connectivity index (χ0n) is 11.7. The lowest BCUT2D eigenvalue weighted by Gasteiger charge is -2.19. The number of benzene rings is 2. The minimum Gasteiger partial charge on any atom is -0.496 e. The predicted molar refractivity (Wildman–Crippen MR) is 92.7 cm³/mol. The molecule has 2 aromatic carbocycles. The lowest BCUT2D eigenvalue weighted by Crippen LogP contribution is -2.14. The Kier molecular flexibility index (Phi) is 4.94. The van der Waals surface area contributed by atoms with Crippen LogP contribution in [0.5, 0.6) is 5.75 Å². The van der Waals surface area contributed by atoms with E-state index >= 15 is 0 Å². The summed E-state index contributed by atoms with van der Waals surface area (Å²) < 4.78 is 6.56. The van der Waals surface area contributed by atoms with E-state index in [-0.39, 0.29) is 6.04 Å². The van der Waals surface area contributed by atoms with Gasteiger partial charge in [-0.15, -0.1) is 0 Å². The second kappa shape index (κ2) is 6.33. The Bertz CT molecular complexity index is 643. The smallest absolute Gasteiger partial charge is 0.127 e. The molecule has 4 heteroatoms. The Labute approximate surface area is 138 Å². The molecule has 1 atom stereocenters. The molecule has 0 radical (unpaired) electrons. The number of aryl methyl sites for hydroxylation is 1. The Balaban J connectivity index is 2.50. The summed E-state index contributed by atoms with van der Waals surface area (Å²) in [6, 6.07) is 9.75. The molecule has 2 N–H and O–H groups in total. The van der Waals surface area contributed by atoms with Crippen molar-refractivity contribution in [1.82, 2.24) is 0 Å². The summed E-state index contributed by atoms with van der Waals surface area (Å²) in [4.78, 5) is 0. The van der Waals surface area contributed by atoms with Crippen LogP contribution in [0, 0.1) is 17.4 Å². The van der Waals surface area contributed by atoms with E-state index in [1.807, 2.05) is 31.2 Å². The third-order valence-corrected chi connectivity index (χ3v) is 5.12. The zero-order valence-corrected chi connectivity index (χ0v) is 14.6. The highest BCUT2D eigenvalue weighted by Gasteiger charge is 2.17. The molecule has 0 bridgehead atoms. The summed E-state index contributed by atoms with van der Waals surface area (Å²) in [5.41, 5.74) is 10.7. The summed E-state index contributed by atoms with van der Waals surface area (Å²) in [6.07, 6.45) is 0. The van der Waals surface area contributed by atoms with Gasteiger partial charge in [0.05, 0.1) is 18.2 Å². The Morgan fingerprint density at radius 1 is 1.20 bits per heavy atom. The van der Waals surface area contributed by atoms with Crippen LogP contribution in [0.3, 0.4) is 0 Å². The summed E-state index contributed by atoms with van der Waals surface area (Å²) in [5, 5.41) is 0.723. The van der Waals surface area contributed by atoms with Crippen LogP contribution < -0.4 is 10.5 Å². The average Bonchev–Trinajstić information content (AvgIpc) is 2.44. The molecule has 0 aliphatic heterocycles. The lowest BCUT2D eigenvalue weighted by molar-refractivity contribution is 0.404. The van der Waals surface area contributed by atoms with Crippen molar-refractivity contribution in [3.05, 3.63) is 61.2 Å². The first kappa shape index (κ1) is 15.6. The van der Waals surface area contributed by atoms with E-state index in [9.17, 15) is 0 Å². The number of hydrogen-bond acceptors (Lipinski definition) is 2. The third-order valence-electron chi connectivity index (χ3n) is 3.55. The van der Waals surface area contributed by atoms with Crippen molar-refractivity contribution in [2.24, 2.45) is 5.73 Å². The molecule has 0 saturated heterocycles. The van der Waals surface area contributed by atoms with Gasteiger partial charge in [-0.25, -0.2) is 0 Å². The molecule has 2 aromatic rings. The van der Waals surface area contributed by atoms with Gasteiger partial charge in [0.1, 0.15) is 5.75 Å². The van der Waals surface area contributed by atoms with Gasteiger partial charge in [-0.2, -0.15) is 0 Å². The minimum absolute atomic E-state index is 0.251. The largest absolute Gasteiger partial charge is 0.496 e. The van der Waals surface area contributed by atoms with Crippen molar-refractivity contribution in [2.75, 3.05) is 7.11 Å². The normalized spacial score (nSPS) is 12.3. The molecule has 2 rings (SSSR count). The first-order valence-corrected chi connectivity index (χ1v) is 7.76. The molecule has 2 nitrogen and oxygen atoms in total. The van der Waals surface area contributed by atoms with Gasteiger partial charge in [-0.05, 0) is 65.3 Å². The van der Waals surface area contributed by atoms with E-state index < -0.39 is 0 Å². The van der Waals surface area contributed by atoms with E-state index in [0.717, 1.165) is 31.0 Å². The fraction of sp³-hybridized carbons (Fsp3) is 0.250. The molecule has 1 unspecified atom stereocenters. The minimum atomic E-state index is -0.251. The van der Waals surface area contributed by atoms with Crippen LogP contribution in [0.4, 0.5) is 0 Å². The summed E-state index contributed by atoms with van der Waals surface area (Å²) in [7, 11) is 1.68. The van der Waals surface area contributed by atoms with E-state index in [4.69, 9.17) is 22.1 Å². The van der Waals surface area contributed by atoms with E-state index in [1.165, 1.54) is 5.56 Å². The highest BCUT2D eigenvalue weighted by atomic mass is 127. The van der Waals surface area contributed by atoms with Gasteiger partial charge in [-0.1, -0.05) is 29.8 Å². The van der Waals surface area contributed by atoms with Gasteiger partial charge in [0.15, 0.2) is 0 Å². The van der Waals surface area contributed by atoms with Crippen LogP contribution in [0.1, 0.15) is 28.3 Å². The SMILES string of the molecule is COc1c(C(N)c2ccc(I)c(Cl)c2)ccc(C)c1C. The van der Waals surface area contributed by atoms with Crippen molar-refractivity contribution in [3.63, 3.8) is 0 Å². The zero-order chi connectivity index (χ0) is 14.9. The van der Waals surface area contributed by atoms with Crippen molar-refractivity contribution < 1.29 is 4.74 Å². The third kappa shape index (κ3) is 2.95. The molecule has 0 aliphatic rings. The van der Waals surface area contributed by atoms with Gasteiger partial charge in [0, 0.05) is 9.13 Å². The highest BCUT2D eigenvalue weighted by molar-refractivity contribution is 14.1. The first-order valence-electron chi connectivity index (χ1n) is 6.30. The fourth-order valence-electron chi connectivity index (χ4n) is 2.21. The second-order valence-electron chi connectivity index (χ2n) is 4.78. The van der Waals surface area contributed by atoms with Crippen LogP contribution in [0.25, 0.3) is 0 Å². The molecule has 0 heterocycles. The molecule has 0 aliphatic carbocycles. The van der Waals surface area contributed by atoms with Crippen LogP contribution in [-0.4, -0.2) is 7.11 Å². The van der Waals surface area contributed by atoms with E-state index in [2.05, 4.69) is 35.6 Å². The number of nitrogens with two attached hydrogens (primary N) is 1. The Morgan fingerprint density at radius 3 is 2.50 bits per heavy atom. The van der Waals surface area contributed by atoms with Crippen LogP contribution >= 0.6 is 34.2 Å². The van der Waals surface area contributed by atoms with Crippen molar-refractivity contribution >= 4 is 34.2 Å².